The van der Waals surface area contributed by atoms with Gasteiger partial charge in [0.2, 0.25) is 5.91 Å². The van der Waals surface area contributed by atoms with E-state index in [4.69, 9.17) is 15.2 Å². The average Bonchev–Trinajstić information content (AvgIpc) is 2.32. The van der Waals surface area contributed by atoms with Gasteiger partial charge in [0.05, 0.1) is 6.61 Å². The van der Waals surface area contributed by atoms with Crippen molar-refractivity contribution in [2.45, 2.75) is 19.5 Å². The highest BCUT2D eigenvalue weighted by molar-refractivity contribution is 5.77. The van der Waals surface area contributed by atoms with Crippen molar-refractivity contribution < 1.29 is 27.4 Å². The number of alkyl halides is 3. The second-order valence-electron chi connectivity index (χ2n) is 3.82. The van der Waals surface area contributed by atoms with E-state index in [0.29, 0.717) is 19.6 Å². The molecule has 0 aliphatic carbocycles. The van der Waals surface area contributed by atoms with Crippen molar-refractivity contribution >= 4 is 5.91 Å². The van der Waals surface area contributed by atoms with Crippen LogP contribution in [0.15, 0.2) is 0 Å². The van der Waals surface area contributed by atoms with Crippen LogP contribution in [0.4, 0.5) is 13.2 Å². The Morgan fingerprint density at radius 1 is 1.26 bits per heavy atom. The third-order valence-corrected chi connectivity index (χ3v) is 2.13. The number of nitrogens with zero attached hydrogens (tertiary/aromatic N) is 1. The highest BCUT2D eigenvalue weighted by Gasteiger charge is 2.32. The Labute approximate surface area is 110 Å². The predicted octanol–water partition coefficient (Wildman–Crippen LogP) is 0.779. The van der Waals surface area contributed by atoms with Crippen LogP contribution in [0.5, 0.6) is 0 Å². The quantitative estimate of drug-likeness (QED) is 0.603. The predicted molar refractivity (Wildman–Crippen MR) is 63.6 cm³/mol. The van der Waals surface area contributed by atoms with Gasteiger partial charge in [0.25, 0.3) is 0 Å². The molecule has 0 rings (SSSR count). The van der Waals surface area contributed by atoms with Gasteiger partial charge in [-0.25, -0.2) is 0 Å². The topological polar surface area (TPSA) is 64.8 Å². The number of hydrogen-bond donors (Lipinski definition) is 1. The molecule has 0 fully saturated rings. The molecule has 0 atom stereocenters. The summed E-state index contributed by atoms with van der Waals surface area (Å²) < 4.78 is 46.9. The Bertz CT molecular complexity index is 250. The molecule has 8 heteroatoms. The molecule has 0 saturated carbocycles. The standard InChI is InChI=1S/C11H21F3N2O3/c1-2-18-6-3-5-16(9-11(12,13)14)10(17)8-19-7-4-15/h2-9,15H2,1H3. The van der Waals surface area contributed by atoms with Crippen molar-refractivity contribution in [3.05, 3.63) is 0 Å². The summed E-state index contributed by atoms with van der Waals surface area (Å²) >= 11 is 0. The van der Waals surface area contributed by atoms with Crippen molar-refractivity contribution in [2.24, 2.45) is 5.73 Å². The molecule has 0 aromatic carbocycles. The molecule has 0 aliphatic heterocycles. The maximum atomic E-state index is 12.3. The fourth-order valence-electron chi connectivity index (χ4n) is 1.34. The average molecular weight is 286 g/mol. The number of halogens is 3. The third kappa shape index (κ3) is 10.7. The number of rotatable bonds is 10. The fraction of sp³-hybridized carbons (Fsp3) is 0.909. The van der Waals surface area contributed by atoms with Crippen molar-refractivity contribution in [1.82, 2.24) is 4.90 Å². The van der Waals surface area contributed by atoms with Gasteiger partial charge in [-0.15, -0.1) is 0 Å². The van der Waals surface area contributed by atoms with Crippen LogP contribution in [0.2, 0.25) is 0 Å². The maximum absolute atomic E-state index is 12.3. The molecule has 0 heterocycles. The van der Waals surface area contributed by atoms with E-state index in [1.165, 1.54) is 0 Å². The van der Waals surface area contributed by atoms with Crippen LogP contribution in [-0.4, -0.2) is 63.0 Å². The molecule has 2 N–H and O–H groups in total. The Kier molecular flexibility index (Phi) is 9.54. The first-order valence-electron chi connectivity index (χ1n) is 6.10. The summed E-state index contributed by atoms with van der Waals surface area (Å²) in [6.45, 7) is 1.30. The molecule has 0 aromatic rings. The second-order valence-corrected chi connectivity index (χ2v) is 3.82. The normalized spacial score (nSPS) is 11.6. The zero-order valence-electron chi connectivity index (χ0n) is 11.0. The fourth-order valence-corrected chi connectivity index (χ4v) is 1.34. The Balaban J connectivity index is 4.19. The van der Waals surface area contributed by atoms with E-state index in [1.807, 2.05) is 0 Å². The first-order valence-corrected chi connectivity index (χ1v) is 6.10. The first kappa shape index (κ1) is 18.1. The van der Waals surface area contributed by atoms with E-state index in [1.54, 1.807) is 6.92 Å². The van der Waals surface area contributed by atoms with Gasteiger partial charge >= 0.3 is 6.18 Å². The number of carbonyl (C=O) groups excluding carboxylic acids is 1. The number of hydrogen-bond acceptors (Lipinski definition) is 4. The Hall–Kier alpha value is -0.860. The lowest BCUT2D eigenvalue weighted by atomic mass is 10.3. The summed E-state index contributed by atoms with van der Waals surface area (Å²) in [7, 11) is 0. The van der Waals surface area contributed by atoms with Gasteiger partial charge in [0.1, 0.15) is 13.2 Å². The molecule has 0 aliphatic rings. The van der Waals surface area contributed by atoms with Gasteiger partial charge in [0, 0.05) is 26.3 Å². The molecular weight excluding hydrogens is 265 g/mol. The van der Waals surface area contributed by atoms with Crippen molar-refractivity contribution in [3.8, 4) is 0 Å². The molecule has 114 valence electrons. The molecule has 1 amide bonds. The van der Waals surface area contributed by atoms with E-state index in [-0.39, 0.29) is 26.3 Å². The smallest absolute Gasteiger partial charge is 0.382 e. The highest BCUT2D eigenvalue weighted by atomic mass is 19.4. The van der Waals surface area contributed by atoms with Crippen molar-refractivity contribution in [2.75, 3.05) is 46.1 Å². The minimum Gasteiger partial charge on any atom is -0.382 e. The van der Waals surface area contributed by atoms with Gasteiger partial charge in [-0.2, -0.15) is 13.2 Å². The minimum absolute atomic E-state index is 0.00959. The summed E-state index contributed by atoms with van der Waals surface area (Å²) in [4.78, 5) is 12.3. The monoisotopic (exact) mass is 286 g/mol. The van der Waals surface area contributed by atoms with E-state index in [0.717, 1.165) is 4.90 Å². The van der Waals surface area contributed by atoms with Gasteiger partial charge in [-0.05, 0) is 13.3 Å². The van der Waals surface area contributed by atoms with Crippen LogP contribution in [0.25, 0.3) is 0 Å². The Morgan fingerprint density at radius 3 is 2.47 bits per heavy atom. The van der Waals surface area contributed by atoms with Crippen LogP contribution in [-0.2, 0) is 14.3 Å². The number of ether oxygens (including phenoxy) is 2. The zero-order chi connectivity index (χ0) is 14.7. The van der Waals surface area contributed by atoms with Gasteiger partial charge in [-0.3, -0.25) is 4.79 Å². The van der Waals surface area contributed by atoms with Crippen LogP contribution >= 0.6 is 0 Å². The van der Waals surface area contributed by atoms with Crippen LogP contribution in [0.1, 0.15) is 13.3 Å². The summed E-state index contributed by atoms with van der Waals surface area (Å²) in [5, 5.41) is 0. The molecule has 19 heavy (non-hydrogen) atoms. The summed E-state index contributed by atoms with van der Waals surface area (Å²) in [5.74, 6) is -0.692. The molecular formula is C11H21F3N2O3. The molecule has 0 saturated heterocycles. The third-order valence-electron chi connectivity index (χ3n) is 2.13. The second kappa shape index (κ2) is 9.99. The molecule has 0 radical (unpaired) electrons. The molecule has 0 spiro atoms. The first-order chi connectivity index (χ1) is 8.90. The van der Waals surface area contributed by atoms with E-state index in [2.05, 4.69) is 0 Å². The highest BCUT2D eigenvalue weighted by Crippen LogP contribution is 2.16. The Morgan fingerprint density at radius 2 is 1.95 bits per heavy atom. The van der Waals surface area contributed by atoms with E-state index < -0.39 is 18.6 Å². The van der Waals surface area contributed by atoms with Gasteiger partial charge < -0.3 is 20.1 Å². The summed E-state index contributed by atoms with van der Waals surface area (Å²) in [5.41, 5.74) is 5.16. The largest absolute Gasteiger partial charge is 0.406 e. The van der Waals surface area contributed by atoms with Crippen molar-refractivity contribution in [3.63, 3.8) is 0 Å². The van der Waals surface area contributed by atoms with Gasteiger partial charge in [-0.1, -0.05) is 0 Å². The summed E-state index contributed by atoms with van der Waals surface area (Å²) in [6, 6.07) is 0. The molecule has 0 bridgehead atoms. The lowest BCUT2D eigenvalue weighted by molar-refractivity contribution is -0.164. The number of amides is 1. The summed E-state index contributed by atoms with van der Waals surface area (Å²) in [6.07, 6.45) is -4.07. The van der Waals surface area contributed by atoms with Crippen LogP contribution in [0.3, 0.4) is 0 Å². The minimum atomic E-state index is -4.42. The van der Waals surface area contributed by atoms with Crippen molar-refractivity contribution in [1.29, 1.82) is 0 Å². The molecule has 0 unspecified atom stereocenters. The molecule has 5 nitrogen and oxygen atoms in total. The number of carbonyl (C=O) groups is 1. The van der Waals surface area contributed by atoms with Crippen LogP contribution < -0.4 is 5.73 Å². The molecule has 0 aromatic heterocycles. The van der Waals surface area contributed by atoms with E-state index in [9.17, 15) is 18.0 Å². The lowest BCUT2D eigenvalue weighted by Gasteiger charge is -2.23. The van der Waals surface area contributed by atoms with E-state index >= 15 is 0 Å². The SMILES string of the molecule is CCOCCCN(CC(F)(F)F)C(=O)COCCN. The zero-order valence-corrected chi connectivity index (χ0v) is 11.0. The van der Waals surface area contributed by atoms with Gasteiger partial charge in [0.15, 0.2) is 0 Å². The number of nitrogens with two attached hydrogens (primary N) is 1. The lowest BCUT2D eigenvalue weighted by Crippen LogP contribution is -2.42. The van der Waals surface area contributed by atoms with Crippen LogP contribution in [0, 0.1) is 0 Å². The maximum Gasteiger partial charge on any atom is 0.406 e.